The highest BCUT2D eigenvalue weighted by Gasteiger charge is 2.05. The molecule has 0 amide bonds. The molecule has 0 heterocycles. The molecule has 0 saturated carbocycles. The van der Waals surface area contributed by atoms with Gasteiger partial charge in [0.2, 0.25) is 0 Å². The molecule has 0 bridgehead atoms. The molecule has 94 valence electrons. The first-order valence-electron chi connectivity index (χ1n) is 5.49. The van der Waals surface area contributed by atoms with Crippen molar-refractivity contribution < 1.29 is 13.9 Å². The standard InChI is InChI=1S/C13H18FNO2/c1-3-4-7-17-13-8-12(14)6-5-11(13)9-15-10-16-2/h3,5-6,8,15H,1,4,7,9-10H2,2H3. The first-order valence-corrected chi connectivity index (χ1v) is 5.49. The Kier molecular flexibility index (Phi) is 6.29. The SMILES string of the molecule is C=CCCOc1cc(F)ccc1CNCOC. The number of hydrogen-bond donors (Lipinski definition) is 1. The normalized spacial score (nSPS) is 10.2. The minimum atomic E-state index is -0.297. The lowest BCUT2D eigenvalue weighted by Gasteiger charge is -2.11. The van der Waals surface area contributed by atoms with E-state index in [-0.39, 0.29) is 5.82 Å². The third kappa shape index (κ3) is 4.97. The maximum atomic E-state index is 13.1. The molecule has 17 heavy (non-hydrogen) atoms. The average molecular weight is 239 g/mol. The van der Waals surface area contributed by atoms with Crippen molar-refractivity contribution in [2.75, 3.05) is 20.4 Å². The van der Waals surface area contributed by atoms with E-state index < -0.39 is 0 Å². The minimum absolute atomic E-state index is 0.297. The van der Waals surface area contributed by atoms with Crippen LogP contribution in [0.2, 0.25) is 0 Å². The van der Waals surface area contributed by atoms with E-state index in [9.17, 15) is 4.39 Å². The van der Waals surface area contributed by atoms with Crippen LogP contribution in [0.5, 0.6) is 5.75 Å². The summed E-state index contributed by atoms with van der Waals surface area (Å²) in [4.78, 5) is 0. The second kappa shape index (κ2) is 7.81. The van der Waals surface area contributed by atoms with Gasteiger partial charge in [-0.2, -0.15) is 0 Å². The van der Waals surface area contributed by atoms with Crippen LogP contribution < -0.4 is 10.1 Å². The van der Waals surface area contributed by atoms with Gasteiger partial charge in [0.05, 0.1) is 13.3 Å². The molecular weight excluding hydrogens is 221 g/mol. The number of nitrogens with one attached hydrogen (secondary N) is 1. The molecule has 1 aromatic carbocycles. The van der Waals surface area contributed by atoms with Gasteiger partial charge in [0.25, 0.3) is 0 Å². The molecule has 0 saturated heterocycles. The van der Waals surface area contributed by atoms with Crippen LogP contribution in [-0.2, 0) is 11.3 Å². The van der Waals surface area contributed by atoms with Crippen molar-refractivity contribution in [1.29, 1.82) is 0 Å². The van der Waals surface area contributed by atoms with Crippen LogP contribution in [0.3, 0.4) is 0 Å². The van der Waals surface area contributed by atoms with E-state index in [2.05, 4.69) is 11.9 Å². The first kappa shape index (κ1) is 13.7. The lowest BCUT2D eigenvalue weighted by Crippen LogP contribution is -2.16. The molecule has 0 aliphatic heterocycles. The maximum absolute atomic E-state index is 13.1. The summed E-state index contributed by atoms with van der Waals surface area (Å²) < 4.78 is 23.5. The fourth-order valence-electron chi connectivity index (χ4n) is 1.35. The predicted octanol–water partition coefficient (Wildman–Crippen LogP) is 2.47. The van der Waals surface area contributed by atoms with Gasteiger partial charge in [0.1, 0.15) is 11.6 Å². The molecule has 4 heteroatoms. The van der Waals surface area contributed by atoms with Gasteiger partial charge in [0.15, 0.2) is 0 Å². The van der Waals surface area contributed by atoms with Crippen LogP contribution in [0.4, 0.5) is 4.39 Å². The molecule has 0 radical (unpaired) electrons. The predicted molar refractivity (Wildman–Crippen MR) is 65.4 cm³/mol. The van der Waals surface area contributed by atoms with Gasteiger partial charge >= 0.3 is 0 Å². The molecule has 0 aliphatic rings. The first-order chi connectivity index (χ1) is 8.27. The van der Waals surface area contributed by atoms with Crippen molar-refractivity contribution in [3.63, 3.8) is 0 Å². The molecule has 0 unspecified atom stereocenters. The lowest BCUT2D eigenvalue weighted by atomic mass is 10.2. The number of benzene rings is 1. The van der Waals surface area contributed by atoms with Gasteiger partial charge in [-0.15, -0.1) is 6.58 Å². The summed E-state index contributed by atoms with van der Waals surface area (Å²) in [7, 11) is 1.61. The maximum Gasteiger partial charge on any atom is 0.126 e. The Morgan fingerprint density at radius 2 is 2.29 bits per heavy atom. The number of hydrogen-bond acceptors (Lipinski definition) is 3. The van der Waals surface area contributed by atoms with E-state index in [1.54, 1.807) is 19.3 Å². The summed E-state index contributed by atoms with van der Waals surface area (Å²) in [6.07, 6.45) is 2.50. The largest absolute Gasteiger partial charge is 0.493 e. The summed E-state index contributed by atoms with van der Waals surface area (Å²) in [6, 6.07) is 4.53. The van der Waals surface area contributed by atoms with Crippen LogP contribution in [-0.4, -0.2) is 20.4 Å². The van der Waals surface area contributed by atoms with Crippen molar-refractivity contribution in [1.82, 2.24) is 5.32 Å². The van der Waals surface area contributed by atoms with Crippen LogP contribution in [0.1, 0.15) is 12.0 Å². The fraction of sp³-hybridized carbons (Fsp3) is 0.385. The zero-order chi connectivity index (χ0) is 12.5. The Morgan fingerprint density at radius 3 is 3.00 bits per heavy atom. The smallest absolute Gasteiger partial charge is 0.126 e. The Bertz CT molecular complexity index is 355. The van der Waals surface area contributed by atoms with Gasteiger partial charge in [-0.05, 0) is 12.5 Å². The van der Waals surface area contributed by atoms with Gasteiger partial charge in [-0.1, -0.05) is 12.1 Å². The quantitative estimate of drug-likeness (QED) is 0.429. The Labute approximate surface area is 101 Å². The molecule has 0 spiro atoms. The van der Waals surface area contributed by atoms with Crippen LogP contribution >= 0.6 is 0 Å². The summed E-state index contributed by atoms with van der Waals surface area (Å²) in [6.45, 7) is 5.14. The molecule has 1 aromatic rings. The monoisotopic (exact) mass is 239 g/mol. The zero-order valence-corrected chi connectivity index (χ0v) is 10.0. The molecule has 0 fully saturated rings. The van der Waals surface area contributed by atoms with Crippen molar-refractivity contribution in [3.8, 4) is 5.75 Å². The molecule has 1 N–H and O–H groups in total. The number of methoxy groups -OCH3 is 1. The average Bonchev–Trinajstić information content (AvgIpc) is 2.32. The summed E-state index contributed by atoms with van der Waals surface area (Å²) in [5.41, 5.74) is 0.910. The third-order valence-electron chi connectivity index (χ3n) is 2.17. The summed E-state index contributed by atoms with van der Waals surface area (Å²) in [5.74, 6) is 0.268. The molecule has 0 aliphatic carbocycles. The second-order valence-corrected chi connectivity index (χ2v) is 3.54. The zero-order valence-electron chi connectivity index (χ0n) is 10.0. The molecule has 0 aromatic heterocycles. The molecule has 1 rings (SSSR count). The Hall–Kier alpha value is -1.39. The van der Waals surface area contributed by atoms with E-state index >= 15 is 0 Å². The second-order valence-electron chi connectivity index (χ2n) is 3.54. The van der Waals surface area contributed by atoms with E-state index in [1.807, 2.05) is 0 Å². The van der Waals surface area contributed by atoms with Crippen molar-refractivity contribution >= 4 is 0 Å². The lowest BCUT2D eigenvalue weighted by molar-refractivity contribution is 0.173. The van der Waals surface area contributed by atoms with E-state index in [4.69, 9.17) is 9.47 Å². The fourth-order valence-corrected chi connectivity index (χ4v) is 1.35. The van der Waals surface area contributed by atoms with Crippen LogP contribution in [0.25, 0.3) is 0 Å². The molecule has 3 nitrogen and oxygen atoms in total. The van der Waals surface area contributed by atoms with Crippen LogP contribution in [0.15, 0.2) is 30.9 Å². The Balaban J connectivity index is 2.62. The van der Waals surface area contributed by atoms with E-state index in [0.717, 1.165) is 12.0 Å². The Morgan fingerprint density at radius 1 is 1.47 bits per heavy atom. The number of ether oxygens (including phenoxy) is 2. The number of halogens is 1. The van der Waals surface area contributed by atoms with Crippen molar-refractivity contribution in [2.45, 2.75) is 13.0 Å². The highest BCUT2D eigenvalue weighted by atomic mass is 19.1. The van der Waals surface area contributed by atoms with Crippen molar-refractivity contribution in [3.05, 3.63) is 42.2 Å². The molecule has 0 atom stereocenters. The highest BCUT2D eigenvalue weighted by Crippen LogP contribution is 2.20. The van der Waals surface area contributed by atoms with Gasteiger partial charge < -0.3 is 9.47 Å². The summed E-state index contributed by atoms with van der Waals surface area (Å²) >= 11 is 0. The van der Waals surface area contributed by atoms with Gasteiger partial charge in [-0.3, -0.25) is 5.32 Å². The molecular formula is C13H18FNO2. The van der Waals surface area contributed by atoms with E-state index in [0.29, 0.717) is 25.6 Å². The van der Waals surface area contributed by atoms with Crippen molar-refractivity contribution in [2.24, 2.45) is 0 Å². The topological polar surface area (TPSA) is 30.5 Å². The summed E-state index contributed by atoms with van der Waals surface area (Å²) in [5, 5.41) is 3.06. The van der Waals surface area contributed by atoms with Gasteiger partial charge in [0, 0.05) is 25.3 Å². The highest BCUT2D eigenvalue weighted by molar-refractivity contribution is 5.34. The van der Waals surface area contributed by atoms with Crippen LogP contribution in [0, 0.1) is 5.82 Å². The van der Waals surface area contributed by atoms with Gasteiger partial charge in [-0.25, -0.2) is 4.39 Å². The third-order valence-corrected chi connectivity index (χ3v) is 2.17. The minimum Gasteiger partial charge on any atom is -0.493 e. The number of rotatable bonds is 8. The van der Waals surface area contributed by atoms with E-state index in [1.165, 1.54) is 12.1 Å².